The summed E-state index contributed by atoms with van der Waals surface area (Å²) in [7, 11) is 0. The molecule has 0 radical (unpaired) electrons. The van der Waals surface area contributed by atoms with Crippen LogP contribution in [0, 0.1) is 5.82 Å². The SMILES string of the molecule is CC1NS(=O)Oc2c(-c3ccc(-c4ccccc4F)cc3)cccc21. The van der Waals surface area contributed by atoms with Gasteiger partial charge in [-0.15, -0.1) is 0 Å². The van der Waals surface area contributed by atoms with Gasteiger partial charge < -0.3 is 4.18 Å². The van der Waals surface area contributed by atoms with Gasteiger partial charge in [-0.05, 0) is 24.1 Å². The maximum absolute atomic E-state index is 13.9. The first-order valence-electron chi connectivity index (χ1n) is 7.98. The fourth-order valence-electron chi connectivity index (χ4n) is 3.05. The summed E-state index contributed by atoms with van der Waals surface area (Å²) in [5.74, 6) is 0.386. The van der Waals surface area contributed by atoms with E-state index in [-0.39, 0.29) is 11.9 Å². The minimum absolute atomic E-state index is 0.0535. The molecule has 0 amide bonds. The molecule has 3 aromatic carbocycles. The number of benzene rings is 3. The van der Waals surface area contributed by atoms with Crippen molar-refractivity contribution in [3.63, 3.8) is 0 Å². The van der Waals surface area contributed by atoms with Crippen LogP contribution in [0.3, 0.4) is 0 Å². The number of hydrogen-bond acceptors (Lipinski definition) is 2. The Bertz CT molecular complexity index is 956. The van der Waals surface area contributed by atoms with E-state index < -0.39 is 11.3 Å². The van der Waals surface area contributed by atoms with E-state index in [9.17, 15) is 8.60 Å². The van der Waals surface area contributed by atoms with Gasteiger partial charge in [-0.25, -0.2) is 4.39 Å². The molecule has 0 fully saturated rings. The molecule has 126 valence electrons. The lowest BCUT2D eigenvalue weighted by Gasteiger charge is -2.24. The fraction of sp³-hybridized carbons (Fsp3) is 0.100. The summed E-state index contributed by atoms with van der Waals surface area (Å²) in [5.41, 5.74) is 4.16. The van der Waals surface area contributed by atoms with Crippen LogP contribution in [-0.2, 0) is 11.3 Å². The van der Waals surface area contributed by atoms with Crippen molar-refractivity contribution in [2.45, 2.75) is 13.0 Å². The van der Waals surface area contributed by atoms with Gasteiger partial charge in [0.15, 0.2) is 5.75 Å². The van der Waals surface area contributed by atoms with Gasteiger partial charge in [0.05, 0.1) is 0 Å². The topological polar surface area (TPSA) is 38.3 Å². The zero-order chi connectivity index (χ0) is 17.4. The Morgan fingerprint density at radius 2 is 1.56 bits per heavy atom. The van der Waals surface area contributed by atoms with Crippen LogP contribution in [0.25, 0.3) is 22.3 Å². The summed E-state index contributed by atoms with van der Waals surface area (Å²) in [6, 6.07) is 20.1. The van der Waals surface area contributed by atoms with E-state index in [2.05, 4.69) is 4.72 Å². The van der Waals surface area contributed by atoms with Crippen LogP contribution in [0.1, 0.15) is 18.5 Å². The predicted octanol–water partition coefficient (Wildman–Crippen LogP) is 4.78. The standard InChI is InChI=1S/C20H16FNO2S/c1-13-16-6-4-7-18(20(16)24-25(23)22-13)15-11-9-14(10-12-15)17-5-2-3-8-19(17)21/h2-13,22H,1H3. The van der Waals surface area contributed by atoms with Crippen LogP contribution in [0.4, 0.5) is 4.39 Å². The third kappa shape index (κ3) is 2.97. The highest BCUT2D eigenvalue weighted by Gasteiger charge is 2.25. The van der Waals surface area contributed by atoms with E-state index in [4.69, 9.17) is 4.18 Å². The molecule has 1 aliphatic heterocycles. The Hall–Kier alpha value is -2.50. The van der Waals surface area contributed by atoms with Crippen molar-refractivity contribution in [2.24, 2.45) is 0 Å². The highest BCUT2D eigenvalue weighted by molar-refractivity contribution is 7.78. The molecule has 0 aromatic heterocycles. The van der Waals surface area contributed by atoms with E-state index in [1.807, 2.05) is 55.5 Å². The summed E-state index contributed by atoms with van der Waals surface area (Å²) < 4.78 is 34.2. The molecule has 0 aliphatic carbocycles. The quantitative estimate of drug-likeness (QED) is 0.720. The Morgan fingerprint density at radius 1 is 0.920 bits per heavy atom. The average molecular weight is 353 g/mol. The van der Waals surface area contributed by atoms with E-state index in [1.165, 1.54) is 6.07 Å². The molecule has 3 aromatic rings. The van der Waals surface area contributed by atoms with Gasteiger partial charge in [-0.2, -0.15) is 8.93 Å². The zero-order valence-electron chi connectivity index (χ0n) is 13.5. The minimum Gasteiger partial charge on any atom is -0.388 e. The Balaban J connectivity index is 1.76. The number of fused-ring (bicyclic) bond motifs is 1. The lowest BCUT2D eigenvalue weighted by atomic mass is 9.96. The fourth-order valence-corrected chi connectivity index (χ4v) is 3.85. The summed E-state index contributed by atoms with van der Waals surface area (Å²) in [6.07, 6.45) is 0. The van der Waals surface area contributed by atoms with Gasteiger partial charge in [-0.3, -0.25) is 0 Å². The summed E-state index contributed by atoms with van der Waals surface area (Å²) in [4.78, 5) is 0. The van der Waals surface area contributed by atoms with Crippen molar-refractivity contribution in [2.75, 3.05) is 0 Å². The Labute approximate surface area is 148 Å². The number of hydrogen-bond donors (Lipinski definition) is 1. The van der Waals surface area contributed by atoms with Crippen molar-refractivity contribution in [1.29, 1.82) is 0 Å². The second-order valence-electron chi connectivity index (χ2n) is 5.94. The molecule has 1 N–H and O–H groups in total. The number of nitrogens with one attached hydrogen (secondary N) is 1. The highest BCUT2D eigenvalue weighted by atomic mass is 32.2. The van der Waals surface area contributed by atoms with Crippen molar-refractivity contribution in [3.8, 4) is 28.0 Å². The first-order chi connectivity index (χ1) is 12.1. The lowest BCUT2D eigenvalue weighted by molar-refractivity contribution is 0.501. The smallest absolute Gasteiger partial charge is 0.288 e. The molecule has 0 spiro atoms. The van der Waals surface area contributed by atoms with Crippen LogP contribution in [0.15, 0.2) is 66.7 Å². The summed E-state index contributed by atoms with van der Waals surface area (Å²) in [5, 5.41) is 0. The van der Waals surface area contributed by atoms with Gasteiger partial charge >= 0.3 is 0 Å². The molecule has 3 nitrogen and oxygen atoms in total. The van der Waals surface area contributed by atoms with Crippen LogP contribution in [0.5, 0.6) is 5.75 Å². The Kier molecular flexibility index (Phi) is 4.11. The van der Waals surface area contributed by atoms with Crippen LogP contribution in [-0.4, -0.2) is 4.21 Å². The zero-order valence-corrected chi connectivity index (χ0v) is 14.3. The van der Waals surface area contributed by atoms with E-state index >= 15 is 0 Å². The number of rotatable bonds is 2. The first-order valence-corrected chi connectivity index (χ1v) is 9.05. The molecule has 5 heteroatoms. The molecule has 0 saturated heterocycles. The summed E-state index contributed by atoms with van der Waals surface area (Å²) in [6.45, 7) is 1.95. The second-order valence-corrected chi connectivity index (χ2v) is 6.81. The van der Waals surface area contributed by atoms with Gasteiger partial charge in [0, 0.05) is 22.7 Å². The number of halogens is 1. The molecule has 2 atom stereocenters. The summed E-state index contributed by atoms with van der Waals surface area (Å²) >= 11 is -1.55. The highest BCUT2D eigenvalue weighted by Crippen LogP contribution is 2.39. The molecule has 1 heterocycles. The van der Waals surface area contributed by atoms with Gasteiger partial charge in [0.2, 0.25) is 0 Å². The Morgan fingerprint density at radius 3 is 2.28 bits per heavy atom. The monoisotopic (exact) mass is 353 g/mol. The lowest BCUT2D eigenvalue weighted by Crippen LogP contribution is -2.30. The first kappa shape index (κ1) is 16.0. The van der Waals surface area contributed by atoms with Crippen molar-refractivity contribution < 1.29 is 12.8 Å². The molecule has 0 saturated carbocycles. The van der Waals surface area contributed by atoms with E-state index in [0.717, 1.165) is 22.3 Å². The van der Waals surface area contributed by atoms with Crippen molar-refractivity contribution >= 4 is 11.3 Å². The van der Waals surface area contributed by atoms with Crippen LogP contribution in [0.2, 0.25) is 0 Å². The number of para-hydroxylation sites is 1. The van der Waals surface area contributed by atoms with Crippen LogP contribution >= 0.6 is 0 Å². The maximum Gasteiger partial charge on any atom is 0.288 e. The maximum atomic E-state index is 13.9. The van der Waals surface area contributed by atoms with E-state index in [1.54, 1.807) is 12.1 Å². The average Bonchev–Trinajstić information content (AvgIpc) is 2.62. The van der Waals surface area contributed by atoms with E-state index in [0.29, 0.717) is 11.3 Å². The second kappa shape index (κ2) is 6.43. The molecular formula is C20H16FNO2S. The molecule has 2 unspecified atom stereocenters. The predicted molar refractivity (Wildman–Crippen MR) is 97.6 cm³/mol. The van der Waals surface area contributed by atoms with Gasteiger partial charge in [-0.1, -0.05) is 60.7 Å². The largest absolute Gasteiger partial charge is 0.388 e. The minimum atomic E-state index is -1.55. The van der Waals surface area contributed by atoms with Crippen molar-refractivity contribution in [3.05, 3.63) is 78.1 Å². The third-order valence-corrected chi connectivity index (χ3v) is 5.19. The van der Waals surface area contributed by atoms with Gasteiger partial charge in [0.1, 0.15) is 5.82 Å². The normalized spacial score (nSPS) is 19.1. The molecule has 25 heavy (non-hydrogen) atoms. The molecule has 1 aliphatic rings. The van der Waals surface area contributed by atoms with Crippen molar-refractivity contribution in [1.82, 2.24) is 4.72 Å². The third-order valence-electron chi connectivity index (χ3n) is 4.32. The molecular weight excluding hydrogens is 337 g/mol. The molecule has 0 bridgehead atoms. The molecule has 4 rings (SSSR count). The van der Waals surface area contributed by atoms with Gasteiger partial charge in [0.25, 0.3) is 11.3 Å². The van der Waals surface area contributed by atoms with Crippen LogP contribution < -0.4 is 8.91 Å².